The van der Waals surface area contributed by atoms with Gasteiger partial charge < -0.3 is 9.64 Å². The average Bonchev–Trinajstić information content (AvgIpc) is 3.59. The molecular formula is C32H63NO2. The van der Waals surface area contributed by atoms with Crippen LogP contribution in [-0.4, -0.2) is 38.1 Å². The molecule has 0 saturated heterocycles. The molecule has 3 unspecified atom stereocenters. The van der Waals surface area contributed by atoms with Gasteiger partial charge in [0.1, 0.15) is 0 Å². The van der Waals surface area contributed by atoms with Crippen molar-refractivity contribution in [2.24, 2.45) is 17.8 Å². The van der Waals surface area contributed by atoms with Crippen LogP contribution in [-0.2, 0) is 9.53 Å². The summed E-state index contributed by atoms with van der Waals surface area (Å²) in [7, 11) is 4.45. The van der Waals surface area contributed by atoms with Gasteiger partial charge in [-0.05, 0) is 57.5 Å². The quantitative estimate of drug-likeness (QED) is 0.0887. The SMILES string of the molecule is CCCCCCCCCC(CCCCCCCCC(=O)OCC1CC1CCCCCC)CN(C)C. The third kappa shape index (κ3) is 20.2. The Morgan fingerprint density at radius 3 is 1.80 bits per heavy atom. The third-order valence-corrected chi connectivity index (χ3v) is 8.04. The van der Waals surface area contributed by atoms with Gasteiger partial charge >= 0.3 is 5.97 Å². The number of carbonyl (C=O) groups is 1. The number of hydrogen-bond donors (Lipinski definition) is 0. The highest BCUT2D eigenvalue weighted by molar-refractivity contribution is 5.69. The zero-order chi connectivity index (χ0) is 25.6. The average molecular weight is 494 g/mol. The van der Waals surface area contributed by atoms with Gasteiger partial charge in [-0.1, -0.05) is 123 Å². The minimum absolute atomic E-state index is 0.0403. The molecule has 1 rings (SSSR count). The van der Waals surface area contributed by atoms with E-state index in [2.05, 4.69) is 32.8 Å². The summed E-state index contributed by atoms with van der Waals surface area (Å²) in [5.41, 5.74) is 0. The van der Waals surface area contributed by atoms with Gasteiger partial charge in [-0.15, -0.1) is 0 Å². The van der Waals surface area contributed by atoms with E-state index in [0.717, 1.165) is 18.3 Å². The molecule has 208 valence electrons. The van der Waals surface area contributed by atoms with Crippen LogP contribution in [0.5, 0.6) is 0 Å². The Kier molecular flexibility index (Phi) is 21.0. The summed E-state index contributed by atoms with van der Waals surface area (Å²) < 4.78 is 5.55. The summed E-state index contributed by atoms with van der Waals surface area (Å²) in [5.74, 6) is 2.42. The third-order valence-electron chi connectivity index (χ3n) is 8.04. The molecule has 0 radical (unpaired) electrons. The van der Waals surface area contributed by atoms with E-state index in [1.807, 2.05) is 0 Å². The van der Waals surface area contributed by atoms with Crippen LogP contribution >= 0.6 is 0 Å². The van der Waals surface area contributed by atoms with Gasteiger partial charge in [-0.25, -0.2) is 0 Å². The van der Waals surface area contributed by atoms with Crippen molar-refractivity contribution in [3.8, 4) is 0 Å². The molecule has 3 atom stereocenters. The summed E-state index contributed by atoms with van der Waals surface area (Å²) in [6.07, 6.45) is 28.9. The fraction of sp³-hybridized carbons (Fsp3) is 0.969. The molecule has 0 aromatic carbocycles. The summed E-state index contributed by atoms with van der Waals surface area (Å²) in [5, 5.41) is 0. The van der Waals surface area contributed by atoms with Crippen LogP contribution in [0.15, 0.2) is 0 Å². The maximum absolute atomic E-state index is 12.0. The monoisotopic (exact) mass is 493 g/mol. The first-order chi connectivity index (χ1) is 17.1. The number of hydrogen-bond acceptors (Lipinski definition) is 3. The number of nitrogens with zero attached hydrogens (tertiary/aromatic N) is 1. The van der Waals surface area contributed by atoms with Crippen molar-refractivity contribution >= 4 is 5.97 Å². The standard InChI is InChI=1S/C32H63NO2/c1-5-7-9-11-12-15-18-22-29(27-33(3)4)23-19-16-13-14-17-21-25-32(34)35-28-31-26-30(31)24-20-10-8-6-2/h29-31H,5-28H2,1-4H3. The Labute approximate surface area is 220 Å². The predicted molar refractivity (Wildman–Crippen MR) is 153 cm³/mol. The van der Waals surface area contributed by atoms with Gasteiger partial charge in [-0.3, -0.25) is 4.79 Å². The van der Waals surface area contributed by atoms with Crippen molar-refractivity contribution in [2.45, 2.75) is 155 Å². The Hall–Kier alpha value is -0.570. The highest BCUT2D eigenvalue weighted by Gasteiger charge is 2.37. The smallest absolute Gasteiger partial charge is 0.305 e. The minimum Gasteiger partial charge on any atom is -0.465 e. The van der Waals surface area contributed by atoms with Gasteiger partial charge in [0.2, 0.25) is 0 Å². The Morgan fingerprint density at radius 2 is 1.23 bits per heavy atom. The molecule has 0 N–H and O–H groups in total. The lowest BCUT2D eigenvalue weighted by Crippen LogP contribution is -2.21. The van der Waals surface area contributed by atoms with Crippen LogP contribution in [0.25, 0.3) is 0 Å². The number of unbranched alkanes of at least 4 members (excludes halogenated alkanes) is 14. The summed E-state index contributed by atoms with van der Waals surface area (Å²) in [6, 6.07) is 0. The maximum Gasteiger partial charge on any atom is 0.305 e. The molecule has 3 nitrogen and oxygen atoms in total. The second kappa shape index (κ2) is 22.6. The first kappa shape index (κ1) is 32.5. The predicted octanol–water partition coefficient (Wildman–Crippen LogP) is 9.58. The van der Waals surface area contributed by atoms with Crippen LogP contribution in [0.3, 0.4) is 0 Å². The minimum atomic E-state index is 0.0403. The second-order valence-corrected chi connectivity index (χ2v) is 12.0. The van der Waals surface area contributed by atoms with Crippen molar-refractivity contribution in [3.05, 3.63) is 0 Å². The lowest BCUT2D eigenvalue weighted by Gasteiger charge is -2.21. The molecule has 0 spiro atoms. The van der Waals surface area contributed by atoms with Crippen molar-refractivity contribution in [1.82, 2.24) is 4.90 Å². The van der Waals surface area contributed by atoms with E-state index in [4.69, 9.17) is 4.74 Å². The number of rotatable bonds is 26. The zero-order valence-electron chi connectivity index (χ0n) is 24.5. The van der Waals surface area contributed by atoms with E-state index in [1.54, 1.807) is 0 Å². The lowest BCUT2D eigenvalue weighted by molar-refractivity contribution is -0.144. The van der Waals surface area contributed by atoms with Crippen LogP contribution < -0.4 is 0 Å². The van der Waals surface area contributed by atoms with Crippen molar-refractivity contribution in [1.29, 1.82) is 0 Å². The molecule has 35 heavy (non-hydrogen) atoms. The van der Waals surface area contributed by atoms with Gasteiger partial charge in [0.05, 0.1) is 6.61 Å². The van der Waals surface area contributed by atoms with Crippen molar-refractivity contribution < 1.29 is 9.53 Å². The second-order valence-electron chi connectivity index (χ2n) is 12.0. The molecule has 0 aliphatic heterocycles. The first-order valence-electron chi connectivity index (χ1n) is 15.9. The molecule has 1 aliphatic rings. The number of ether oxygens (including phenoxy) is 1. The molecule has 0 heterocycles. The topological polar surface area (TPSA) is 29.5 Å². The molecule has 0 aromatic rings. The lowest BCUT2D eigenvalue weighted by atomic mass is 9.93. The van der Waals surface area contributed by atoms with Crippen LogP contribution in [0.1, 0.15) is 155 Å². The van der Waals surface area contributed by atoms with Gasteiger partial charge in [-0.2, -0.15) is 0 Å². The molecule has 0 amide bonds. The van der Waals surface area contributed by atoms with E-state index in [-0.39, 0.29) is 5.97 Å². The van der Waals surface area contributed by atoms with Crippen molar-refractivity contribution in [3.63, 3.8) is 0 Å². The zero-order valence-corrected chi connectivity index (χ0v) is 24.5. The number of carbonyl (C=O) groups excluding carboxylic acids is 1. The van der Waals surface area contributed by atoms with Crippen LogP contribution in [0, 0.1) is 17.8 Å². The van der Waals surface area contributed by atoms with Crippen LogP contribution in [0.4, 0.5) is 0 Å². The van der Waals surface area contributed by atoms with Gasteiger partial charge in [0.15, 0.2) is 0 Å². The van der Waals surface area contributed by atoms with E-state index in [1.165, 1.54) is 135 Å². The van der Waals surface area contributed by atoms with E-state index < -0.39 is 0 Å². The fourth-order valence-corrected chi connectivity index (χ4v) is 5.62. The summed E-state index contributed by atoms with van der Waals surface area (Å²) in [4.78, 5) is 14.4. The molecule has 1 saturated carbocycles. The normalized spacial score (nSPS) is 18.2. The Balaban J connectivity index is 1.93. The Bertz CT molecular complexity index is 478. The molecule has 0 bridgehead atoms. The fourth-order valence-electron chi connectivity index (χ4n) is 5.62. The summed E-state index contributed by atoms with van der Waals surface area (Å²) >= 11 is 0. The van der Waals surface area contributed by atoms with E-state index in [9.17, 15) is 4.79 Å². The van der Waals surface area contributed by atoms with Crippen molar-refractivity contribution in [2.75, 3.05) is 27.2 Å². The van der Waals surface area contributed by atoms with E-state index in [0.29, 0.717) is 18.9 Å². The summed E-state index contributed by atoms with van der Waals surface area (Å²) in [6.45, 7) is 6.49. The highest BCUT2D eigenvalue weighted by atomic mass is 16.5. The van der Waals surface area contributed by atoms with Crippen LogP contribution in [0.2, 0.25) is 0 Å². The molecular weight excluding hydrogens is 430 g/mol. The van der Waals surface area contributed by atoms with Gasteiger partial charge in [0.25, 0.3) is 0 Å². The maximum atomic E-state index is 12.0. The molecule has 3 heteroatoms. The Morgan fingerprint density at radius 1 is 0.714 bits per heavy atom. The number of esters is 1. The largest absolute Gasteiger partial charge is 0.465 e. The molecule has 0 aromatic heterocycles. The molecule has 1 aliphatic carbocycles. The van der Waals surface area contributed by atoms with E-state index >= 15 is 0 Å². The highest BCUT2D eigenvalue weighted by Crippen LogP contribution is 2.42. The molecule has 1 fully saturated rings. The first-order valence-corrected chi connectivity index (χ1v) is 15.9. The van der Waals surface area contributed by atoms with Gasteiger partial charge in [0, 0.05) is 13.0 Å².